The zero-order valence-electron chi connectivity index (χ0n) is 9.51. The molecule has 1 aliphatic rings. The molecule has 6 nitrogen and oxygen atoms in total. The predicted octanol–water partition coefficient (Wildman–Crippen LogP) is -0.707. The average Bonchev–Trinajstić information content (AvgIpc) is 2.41. The molecule has 0 bridgehead atoms. The Kier molecular flexibility index (Phi) is 4.24. The smallest absolute Gasteiger partial charge is 0.229 e. The predicted molar refractivity (Wildman–Crippen MR) is 57.0 cm³/mol. The van der Waals surface area contributed by atoms with Gasteiger partial charge in [-0.25, -0.2) is 0 Å². The summed E-state index contributed by atoms with van der Waals surface area (Å²) >= 11 is 0. The number of carbonyl (C=O) groups excluding carboxylic acids is 2. The summed E-state index contributed by atoms with van der Waals surface area (Å²) in [4.78, 5) is 36.6. The first-order chi connectivity index (χ1) is 7.32. The van der Waals surface area contributed by atoms with E-state index in [1.807, 2.05) is 0 Å². The lowest BCUT2D eigenvalue weighted by atomic mass is 10.4. The first-order valence-electron chi connectivity index (χ1n) is 5.09. The highest BCUT2D eigenvalue weighted by atomic mass is 31.2. The molecule has 0 aromatic rings. The van der Waals surface area contributed by atoms with Crippen molar-refractivity contribution in [1.82, 2.24) is 9.80 Å². The quantitative estimate of drug-likeness (QED) is 0.473. The first-order valence-corrected chi connectivity index (χ1v) is 7.08. The van der Waals surface area contributed by atoms with Crippen molar-refractivity contribution in [2.45, 2.75) is 12.8 Å². The van der Waals surface area contributed by atoms with Gasteiger partial charge in [0.05, 0.1) is 0 Å². The van der Waals surface area contributed by atoms with Crippen molar-refractivity contribution in [2.75, 3.05) is 33.1 Å². The molecule has 1 heterocycles. The third kappa shape index (κ3) is 3.70. The van der Waals surface area contributed by atoms with E-state index in [0.717, 1.165) is 4.90 Å². The minimum Gasteiger partial charge on any atom is -0.798 e. The van der Waals surface area contributed by atoms with Gasteiger partial charge in [0, 0.05) is 39.2 Å². The molecule has 1 atom stereocenters. The number of likely N-dealkylation sites (tertiary alicyclic amines) is 1. The number of rotatable bonds is 5. The fraction of sp³-hybridized carbons (Fsp3) is 0.778. The van der Waals surface area contributed by atoms with Crippen molar-refractivity contribution in [3.63, 3.8) is 0 Å². The molecular weight excluding hydrogens is 231 g/mol. The van der Waals surface area contributed by atoms with Gasteiger partial charge in [0.1, 0.15) is 0 Å². The van der Waals surface area contributed by atoms with E-state index in [1.54, 1.807) is 19.0 Å². The van der Waals surface area contributed by atoms with Gasteiger partial charge >= 0.3 is 0 Å². The van der Waals surface area contributed by atoms with Crippen LogP contribution in [0.25, 0.3) is 0 Å². The van der Waals surface area contributed by atoms with Crippen LogP contribution in [0.5, 0.6) is 0 Å². The van der Waals surface area contributed by atoms with Gasteiger partial charge in [-0.2, -0.15) is 0 Å². The van der Waals surface area contributed by atoms with Crippen LogP contribution in [0.4, 0.5) is 0 Å². The Balaban J connectivity index is 2.47. The molecule has 1 unspecified atom stereocenters. The van der Waals surface area contributed by atoms with E-state index in [4.69, 9.17) is 0 Å². The standard InChI is InChI=1S/C9H17N2O4P/c1-10(2)7-16(14,15)6-5-11-8(12)3-4-9(11)13/h3-7H2,1-2H3,(H,14,15)/p-1. The second-order valence-corrected chi connectivity index (χ2v) is 6.56. The molecule has 1 aliphatic heterocycles. The van der Waals surface area contributed by atoms with Gasteiger partial charge in [-0.05, 0) is 14.1 Å². The van der Waals surface area contributed by atoms with Crippen LogP contribution in [-0.2, 0) is 14.2 Å². The van der Waals surface area contributed by atoms with Crippen molar-refractivity contribution in [3.05, 3.63) is 0 Å². The van der Waals surface area contributed by atoms with Crippen LogP contribution in [0.2, 0.25) is 0 Å². The zero-order valence-corrected chi connectivity index (χ0v) is 10.4. The van der Waals surface area contributed by atoms with Gasteiger partial charge in [0.2, 0.25) is 11.8 Å². The largest absolute Gasteiger partial charge is 0.798 e. The molecule has 0 aromatic heterocycles. The van der Waals surface area contributed by atoms with Crippen molar-refractivity contribution < 1.29 is 19.0 Å². The van der Waals surface area contributed by atoms with Gasteiger partial charge in [0.25, 0.3) is 0 Å². The minimum atomic E-state index is -3.52. The van der Waals surface area contributed by atoms with Gasteiger partial charge < -0.3 is 14.4 Å². The highest BCUT2D eigenvalue weighted by Crippen LogP contribution is 2.35. The summed E-state index contributed by atoms with van der Waals surface area (Å²) in [6.45, 7) is -0.00765. The summed E-state index contributed by atoms with van der Waals surface area (Å²) in [5.74, 6) is -0.537. The number of carbonyl (C=O) groups is 2. The van der Waals surface area contributed by atoms with E-state index in [2.05, 4.69) is 0 Å². The SMILES string of the molecule is CN(C)CP(=O)([O-])CCN1C(=O)CCC1=O. The summed E-state index contributed by atoms with van der Waals surface area (Å²) in [5, 5.41) is 0. The third-order valence-electron chi connectivity index (χ3n) is 2.32. The maximum Gasteiger partial charge on any atom is 0.229 e. The summed E-state index contributed by atoms with van der Waals surface area (Å²) in [7, 11) is -0.198. The van der Waals surface area contributed by atoms with Crippen LogP contribution in [0.15, 0.2) is 0 Å². The van der Waals surface area contributed by atoms with Crippen LogP contribution in [-0.4, -0.2) is 54.7 Å². The Labute approximate surface area is 94.7 Å². The molecule has 0 spiro atoms. The molecule has 0 N–H and O–H groups in total. The van der Waals surface area contributed by atoms with Gasteiger partial charge in [0.15, 0.2) is 0 Å². The second-order valence-electron chi connectivity index (χ2n) is 4.20. The topological polar surface area (TPSA) is 80.8 Å². The lowest BCUT2D eigenvalue weighted by Crippen LogP contribution is -2.33. The average molecular weight is 247 g/mol. The molecule has 7 heteroatoms. The van der Waals surface area contributed by atoms with Crippen LogP contribution in [0, 0.1) is 0 Å². The van der Waals surface area contributed by atoms with Crippen LogP contribution in [0.1, 0.15) is 12.8 Å². The van der Waals surface area contributed by atoms with E-state index in [-0.39, 0.29) is 43.6 Å². The van der Waals surface area contributed by atoms with Gasteiger partial charge in [-0.3, -0.25) is 14.5 Å². The van der Waals surface area contributed by atoms with Crippen molar-refractivity contribution >= 4 is 19.2 Å². The van der Waals surface area contributed by atoms with Gasteiger partial charge in [-0.15, -0.1) is 0 Å². The Bertz CT molecular complexity index is 326. The molecule has 0 aromatic carbocycles. The Hall–Kier alpha value is -0.710. The maximum atomic E-state index is 11.5. The maximum absolute atomic E-state index is 11.5. The van der Waals surface area contributed by atoms with E-state index in [0.29, 0.717) is 0 Å². The summed E-state index contributed by atoms with van der Waals surface area (Å²) in [6, 6.07) is 0. The Morgan fingerprint density at radius 1 is 1.31 bits per heavy atom. The van der Waals surface area contributed by atoms with E-state index in [9.17, 15) is 19.0 Å². The van der Waals surface area contributed by atoms with Gasteiger partial charge in [-0.1, -0.05) is 0 Å². The Morgan fingerprint density at radius 3 is 2.25 bits per heavy atom. The molecule has 0 radical (unpaired) electrons. The first kappa shape index (κ1) is 13.4. The molecule has 0 saturated carbocycles. The molecule has 92 valence electrons. The summed E-state index contributed by atoms with van der Waals surface area (Å²) < 4.78 is 11.5. The van der Waals surface area contributed by atoms with Crippen molar-refractivity contribution in [2.24, 2.45) is 0 Å². The molecule has 0 aliphatic carbocycles. The normalized spacial score (nSPS) is 20.6. The third-order valence-corrected chi connectivity index (χ3v) is 4.20. The van der Waals surface area contributed by atoms with Crippen LogP contribution in [0.3, 0.4) is 0 Å². The zero-order chi connectivity index (χ0) is 12.3. The number of hydrogen-bond acceptors (Lipinski definition) is 5. The Morgan fingerprint density at radius 2 is 1.81 bits per heavy atom. The molecule has 1 saturated heterocycles. The fourth-order valence-electron chi connectivity index (χ4n) is 1.63. The lowest BCUT2D eigenvalue weighted by molar-refractivity contribution is -0.176. The van der Waals surface area contributed by atoms with E-state index in [1.165, 1.54) is 0 Å². The van der Waals surface area contributed by atoms with E-state index < -0.39 is 7.37 Å². The fourth-order valence-corrected chi connectivity index (χ4v) is 3.13. The minimum absolute atomic E-state index is 0.00765. The number of nitrogens with zero attached hydrogens (tertiary/aromatic N) is 2. The van der Waals surface area contributed by atoms with E-state index >= 15 is 0 Å². The summed E-state index contributed by atoms with van der Waals surface area (Å²) in [6.07, 6.45) is 0.233. The summed E-state index contributed by atoms with van der Waals surface area (Å²) in [5.41, 5.74) is 0. The van der Waals surface area contributed by atoms with Crippen LogP contribution >= 0.6 is 7.37 Å². The highest BCUT2D eigenvalue weighted by molar-refractivity contribution is 7.56. The number of amides is 2. The lowest BCUT2D eigenvalue weighted by Gasteiger charge is -2.28. The molecule has 2 amide bonds. The molecule has 16 heavy (non-hydrogen) atoms. The second kappa shape index (κ2) is 5.08. The van der Waals surface area contributed by atoms with Crippen molar-refractivity contribution in [3.8, 4) is 0 Å². The molecule has 1 rings (SSSR count). The highest BCUT2D eigenvalue weighted by Gasteiger charge is 2.29. The number of imide groups is 1. The molecule has 1 fully saturated rings. The van der Waals surface area contributed by atoms with Crippen molar-refractivity contribution in [1.29, 1.82) is 0 Å². The molecular formula is C9H16N2O4P-. The van der Waals surface area contributed by atoms with Crippen LogP contribution < -0.4 is 4.89 Å². The monoisotopic (exact) mass is 247 g/mol. The number of hydrogen-bond donors (Lipinski definition) is 0.